The van der Waals surface area contributed by atoms with Gasteiger partial charge >= 0.3 is 6.71 Å². The van der Waals surface area contributed by atoms with Crippen LogP contribution in [-0.4, -0.2) is 6.71 Å². The average molecular weight is 1090 g/mol. The summed E-state index contributed by atoms with van der Waals surface area (Å²) in [6.45, 7) is 20.5. The first-order chi connectivity index (χ1) is 39.0. The third-order valence-corrected chi connectivity index (χ3v) is 19.2. The molecular weight excluding hydrogens is 1020 g/mol. The highest BCUT2D eigenvalue weighted by molar-refractivity contribution is 7.22. The minimum Gasteiger partial charge on any atom is -0.468 e. The van der Waals surface area contributed by atoms with Gasteiger partial charge in [0.2, 0.25) is 0 Å². The van der Waals surface area contributed by atoms with E-state index < -0.39 is 6.71 Å². The van der Waals surface area contributed by atoms with E-state index >= 15 is 0 Å². The maximum Gasteiger partial charge on any atom is 0.342 e. The molecule has 0 saturated carbocycles. The Hall–Kier alpha value is -8.36. The van der Waals surface area contributed by atoms with Crippen LogP contribution < -0.4 is 26.6 Å². The fourth-order valence-corrected chi connectivity index (χ4v) is 14.7. The van der Waals surface area contributed by atoms with Gasteiger partial charge < -0.3 is 18.6 Å². The van der Waals surface area contributed by atoms with Crippen molar-refractivity contribution in [3.63, 3.8) is 0 Å². The third-order valence-electron chi connectivity index (χ3n) is 16.9. The van der Waals surface area contributed by atoms with Crippen LogP contribution in [0.3, 0.4) is 0 Å². The fraction of sp³-hybridized carbons (Fsp3) is 0.162. The molecule has 0 spiro atoms. The van der Waals surface area contributed by atoms with Crippen molar-refractivity contribution < 1.29 is 8.83 Å². The molecule has 0 saturated heterocycles. The van der Waals surface area contributed by atoms with Crippen LogP contribution in [0.15, 0.2) is 215 Å². The zero-order chi connectivity index (χ0) is 55.3. The Morgan fingerprint density at radius 3 is 1.17 bits per heavy atom. The molecule has 6 heterocycles. The molecule has 0 atom stereocenters. The molecule has 0 radical (unpaired) electrons. The van der Waals surface area contributed by atoms with Gasteiger partial charge in [-0.15, -0.1) is 22.7 Å². The number of rotatable bonds is 6. The molecule has 0 unspecified atom stereocenters. The van der Waals surface area contributed by atoms with E-state index in [0.717, 1.165) is 95.1 Å². The number of hydrogen-bond donors (Lipinski definition) is 0. The zero-order valence-electron chi connectivity index (χ0n) is 47.2. The summed E-state index contributed by atoms with van der Waals surface area (Å²) < 4.78 is 17.7. The minimum absolute atomic E-state index is 0.117. The van der Waals surface area contributed by atoms with Crippen LogP contribution in [-0.2, 0) is 16.2 Å². The lowest BCUT2D eigenvalue weighted by atomic mass is 9.37. The predicted molar refractivity (Wildman–Crippen MR) is 349 cm³/mol. The number of benzene rings is 9. The number of nitrogens with zero attached hydrogens (tertiary/aromatic N) is 2. The highest BCUT2D eigenvalue weighted by atomic mass is 32.1. The number of anilines is 6. The quantitative estimate of drug-likeness (QED) is 0.155. The number of furan rings is 2. The molecule has 9 aromatic carbocycles. The van der Waals surface area contributed by atoms with Gasteiger partial charge in [-0.3, -0.25) is 0 Å². The van der Waals surface area contributed by atoms with Gasteiger partial charge in [0.05, 0.1) is 22.7 Å². The fourth-order valence-electron chi connectivity index (χ4n) is 12.6. The van der Waals surface area contributed by atoms with Crippen molar-refractivity contribution in [2.45, 2.75) is 78.6 Å². The Bertz CT molecular complexity index is 4320. The summed E-state index contributed by atoms with van der Waals surface area (Å²) in [5.41, 5.74) is 21.3. The van der Waals surface area contributed by atoms with Crippen molar-refractivity contribution in [3.8, 4) is 43.1 Å². The first kappa shape index (κ1) is 49.7. The summed E-state index contributed by atoms with van der Waals surface area (Å²) in [5, 5.41) is 4.68. The van der Waals surface area contributed by atoms with Crippen molar-refractivity contribution >= 4 is 122 Å². The van der Waals surface area contributed by atoms with E-state index in [1.54, 1.807) is 0 Å². The lowest BCUT2D eigenvalue weighted by Crippen LogP contribution is -2.60. The summed E-state index contributed by atoms with van der Waals surface area (Å²) in [7, 11) is 0. The number of fused-ring (bicyclic) bond motifs is 10. The SMILES string of the molecule is CC(C)(C)c1cc2c3c(c1)N(c1ccc(-c4cc5ccccc5s4)cc1-c1ccccc1)c1c(oc4ccc(C(C)(C)C)cc14)B3c1oc3ccc(C(C)(C)C)cc3c1N2c1ccc(-c2cc3ccccc3s2)cc1-c1ccccc1. The molecule has 4 nitrogen and oxygen atoms in total. The molecule has 81 heavy (non-hydrogen) atoms. The summed E-state index contributed by atoms with van der Waals surface area (Å²) in [6.07, 6.45) is 0. The number of hydrogen-bond acceptors (Lipinski definition) is 6. The molecule has 2 aliphatic heterocycles. The van der Waals surface area contributed by atoms with Crippen LogP contribution in [0.5, 0.6) is 0 Å². The van der Waals surface area contributed by atoms with Crippen LogP contribution >= 0.6 is 22.7 Å². The van der Waals surface area contributed by atoms with Gasteiger partial charge in [0.1, 0.15) is 22.5 Å². The maximum absolute atomic E-state index is 7.57. The van der Waals surface area contributed by atoms with Crippen LogP contribution in [0.2, 0.25) is 0 Å². The van der Waals surface area contributed by atoms with E-state index in [2.05, 4.69) is 278 Å². The second kappa shape index (κ2) is 18.1. The van der Waals surface area contributed by atoms with Crippen molar-refractivity contribution in [3.05, 3.63) is 223 Å². The van der Waals surface area contributed by atoms with Crippen LogP contribution in [0, 0.1) is 0 Å². The lowest BCUT2D eigenvalue weighted by Gasteiger charge is -2.42. The van der Waals surface area contributed by atoms with Gasteiger partial charge in [0.25, 0.3) is 0 Å². The average Bonchev–Trinajstić information content (AvgIpc) is 2.91. The van der Waals surface area contributed by atoms with E-state index in [4.69, 9.17) is 8.83 Å². The Kier molecular flexibility index (Phi) is 11.1. The van der Waals surface area contributed by atoms with Crippen molar-refractivity contribution in [2.24, 2.45) is 0 Å². The first-order valence-corrected chi connectivity index (χ1v) is 30.0. The molecule has 2 aliphatic rings. The van der Waals surface area contributed by atoms with Crippen molar-refractivity contribution in [1.82, 2.24) is 0 Å². The molecule has 7 heteroatoms. The molecule has 15 rings (SSSR count). The Labute approximate surface area is 482 Å². The Morgan fingerprint density at radius 2 is 0.765 bits per heavy atom. The normalized spacial score (nSPS) is 13.4. The second-order valence-electron chi connectivity index (χ2n) is 25.3. The highest BCUT2D eigenvalue weighted by Gasteiger charge is 2.51. The second-order valence-corrected chi connectivity index (χ2v) is 27.5. The van der Waals surface area contributed by atoms with E-state index in [1.807, 2.05) is 22.7 Å². The minimum atomic E-state index is -0.395. The van der Waals surface area contributed by atoms with Crippen LogP contribution in [0.1, 0.15) is 79.0 Å². The van der Waals surface area contributed by atoms with Gasteiger partial charge in [-0.2, -0.15) is 0 Å². The van der Waals surface area contributed by atoms with Gasteiger partial charge in [0.15, 0.2) is 0 Å². The van der Waals surface area contributed by atoms with Gasteiger partial charge in [-0.1, -0.05) is 184 Å². The monoisotopic (exact) mass is 1080 g/mol. The lowest BCUT2D eigenvalue weighted by molar-refractivity contribution is 0.590. The largest absolute Gasteiger partial charge is 0.468 e. The van der Waals surface area contributed by atoms with Crippen molar-refractivity contribution in [1.29, 1.82) is 0 Å². The van der Waals surface area contributed by atoms with Gasteiger partial charge in [-0.25, -0.2) is 0 Å². The maximum atomic E-state index is 7.57. The standard InChI is InChI=1S/C74H61BN2O2S2/c1-72(2,3)50-30-34-61-55(40-50)68-70(78-61)75-67-59(76(68)57-32-28-48(36-53(57)44-20-12-10-13-21-44)65-38-46-24-16-18-26-63(46)80-65)42-52(74(7,8)9)43-60(67)77(69-56-41-51(73(4,5)6)31-35-62(56)79-71(69)75)58-33-29-49(37-54(58)45-22-14-11-15-23-45)66-39-47-25-17-19-27-64(47)81-66/h10-43H,1-9H3. The topological polar surface area (TPSA) is 32.8 Å². The molecule has 0 amide bonds. The van der Waals surface area contributed by atoms with Gasteiger partial charge in [0, 0.05) is 52.4 Å². The van der Waals surface area contributed by atoms with E-state index in [0.29, 0.717) is 0 Å². The zero-order valence-corrected chi connectivity index (χ0v) is 48.9. The predicted octanol–water partition coefficient (Wildman–Crippen LogP) is 20.3. The third kappa shape index (κ3) is 8.06. The highest BCUT2D eigenvalue weighted by Crippen LogP contribution is 2.54. The molecular formula is C74H61BN2O2S2. The van der Waals surface area contributed by atoms with Gasteiger partial charge in [-0.05, 0) is 156 Å². The smallest absolute Gasteiger partial charge is 0.342 e. The van der Waals surface area contributed by atoms with Crippen molar-refractivity contribution in [2.75, 3.05) is 9.80 Å². The Balaban J connectivity index is 1.07. The molecule has 0 aliphatic carbocycles. The van der Waals surface area contributed by atoms with Crippen LogP contribution in [0.4, 0.5) is 34.1 Å². The first-order valence-electron chi connectivity index (χ1n) is 28.3. The molecule has 0 N–H and O–H groups in total. The number of thiophene rings is 2. The van der Waals surface area contributed by atoms with E-state index in [1.165, 1.54) is 57.7 Å². The summed E-state index contributed by atoms with van der Waals surface area (Å²) >= 11 is 3.70. The molecule has 0 fully saturated rings. The van der Waals surface area contributed by atoms with E-state index in [-0.39, 0.29) is 16.2 Å². The summed E-state index contributed by atoms with van der Waals surface area (Å²) in [5.74, 6) is 0. The molecule has 13 aromatic rings. The van der Waals surface area contributed by atoms with Crippen LogP contribution in [0.25, 0.3) is 85.2 Å². The summed E-state index contributed by atoms with van der Waals surface area (Å²) in [6, 6.07) is 77.0. The molecule has 394 valence electrons. The molecule has 0 bridgehead atoms. The Morgan fingerprint density at radius 1 is 0.358 bits per heavy atom. The summed E-state index contributed by atoms with van der Waals surface area (Å²) in [4.78, 5) is 7.62. The molecule has 4 aromatic heterocycles. The van der Waals surface area contributed by atoms with E-state index in [9.17, 15) is 0 Å².